The Morgan fingerprint density at radius 2 is 0.750 bits per heavy atom. The van der Waals surface area contributed by atoms with Crippen molar-refractivity contribution in [3.63, 3.8) is 0 Å². The zero-order valence-electron chi connectivity index (χ0n) is 35.0. The molecule has 0 saturated heterocycles. The van der Waals surface area contributed by atoms with Crippen molar-refractivity contribution in [1.29, 1.82) is 0 Å². The molecule has 64 heavy (non-hydrogen) atoms. The summed E-state index contributed by atoms with van der Waals surface area (Å²) in [5.74, 6) is 0. The van der Waals surface area contributed by atoms with Crippen LogP contribution in [0.15, 0.2) is 253 Å². The first kappa shape index (κ1) is 37.3. The first-order valence-electron chi connectivity index (χ1n) is 21.9. The van der Waals surface area contributed by atoms with Gasteiger partial charge in [0, 0.05) is 27.6 Å². The van der Waals surface area contributed by atoms with Gasteiger partial charge in [-0.3, -0.25) is 0 Å². The van der Waals surface area contributed by atoms with Crippen LogP contribution in [-0.2, 0) is 0 Å². The van der Waals surface area contributed by atoms with Crippen molar-refractivity contribution in [2.45, 2.75) is 0 Å². The van der Waals surface area contributed by atoms with E-state index >= 15 is 0 Å². The van der Waals surface area contributed by atoms with Crippen LogP contribution in [0.2, 0.25) is 0 Å². The van der Waals surface area contributed by atoms with E-state index in [-0.39, 0.29) is 0 Å². The van der Waals surface area contributed by atoms with Crippen LogP contribution in [0.1, 0.15) is 0 Å². The monoisotopic (exact) mass is 815 g/mol. The maximum Gasteiger partial charge on any atom is 0.159 e. The Hall–Kier alpha value is -8.46. The first-order valence-corrected chi connectivity index (χ1v) is 21.9. The maximum atomic E-state index is 6.81. The Morgan fingerprint density at radius 1 is 0.281 bits per heavy atom. The molecular formula is C62H41NO. The highest BCUT2D eigenvalue weighted by molar-refractivity contribution is 6.22. The minimum Gasteiger partial charge on any atom is -0.454 e. The molecule has 0 atom stereocenters. The lowest BCUT2D eigenvalue weighted by molar-refractivity contribution is 0.669. The first-order chi connectivity index (χ1) is 31.8. The minimum absolute atomic E-state index is 0.846. The van der Waals surface area contributed by atoms with Crippen LogP contribution in [-0.4, -0.2) is 0 Å². The predicted molar refractivity (Wildman–Crippen MR) is 271 cm³/mol. The molecule has 0 bridgehead atoms. The molecule has 0 saturated carbocycles. The molecule has 0 aliphatic carbocycles. The molecule has 11 aromatic carbocycles. The van der Waals surface area contributed by atoms with Crippen LogP contribution in [0.4, 0.5) is 17.1 Å². The second kappa shape index (κ2) is 15.8. The van der Waals surface area contributed by atoms with Gasteiger partial charge in [0.1, 0.15) is 5.58 Å². The van der Waals surface area contributed by atoms with Gasteiger partial charge in [-0.25, -0.2) is 0 Å². The number of hydrogen-bond donors (Lipinski definition) is 0. The smallest absolute Gasteiger partial charge is 0.159 e. The summed E-state index contributed by atoms with van der Waals surface area (Å²) in [6, 6.07) is 89.6. The molecule has 0 N–H and O–H groups in total. The SMILES string of the molecule is c1ccc(-c2cccc(-c3ccccc3)c2N(c2ccc(-c3ccc4c(c3)c(-c3ccccc3)c(-c3ccccc3)c3ccccc34)cc2)c2cccc3c2oc2ccccc23)cc1. The number of hydrogen-bond acceptors (Lipinski definition) is 2. The number of fused-ring (bicyclic) bond motifs is 6. The molecule has 0 amide bonds. The molecule has 12 aromatic rings. The molecule has 2 heteroatoms. The van der Waals surface area contributed by atoms with E-state index in [1.807, 2.05) is 6.07 Å². The molecule has 0 radical (unpaired) electrons. The summed E-state index contributed by atoms with van der Waals surface area (Å²) in [6.45, 7) is 0. The molecule has 0 spiro atoms. The second-order valence-corrected chi connectivity index (χ2v) is 16.4. The molecular weight excluding hydrogens is 775 g/mol. The van der Waals surface area contributed by atoms with Gasteiger partial charge in [-0.2, -0.15) is 0 Å². The van der Waals surface area contributed by atoms with Gasteiger partial charge in [-0.05, 0) is 96.4 Å². The summed E-state index contributed by atoms with van der Waals surface area (Å²) in [6.07, 6.45) is 0. The number of benzene rings is 11. The van der Waals surface area contributed by atoms with E-state index in [0.717, 1.165) is 72.4 Å². The molecule has 2 nitrogen and oxygen atoms in total. The Morgan fingerprint density at radius 3 is 1.38 bits per heavy atom. The Labute approximate surface area is 372 Å². The van der Waals surface area contributed by atoms with E-state index in [0.29, 0.717) is 0 Å². The summed E-state index contributed by atoms with van der Waals surface area (Å²) in [5, 5.41) is 7.16. The van der Waals surface area contributed by atoms with Gasteiger partial charge in [0.15, 0.2) is 5.58 Å². The van der Waals surface area contributed by atoms with Crippen LogP contribution in [0, 0.1) is 0 Å². The fourth-order valence-corrected chi connectivity index (χ4v) is 9.77. The third-order valence-electron chi connectivity index (χ3n) is 12.7. The van der Waals surface area contributed by atoms with Crippen LogP contribution in [0.3, 0.4) is 0 Å². The normalized spacial score (nSPS) is 11.4. The average molecular weight is 816 g/mol. The molecule has 0 aliphatic rings. The third-order valence-corrected chi connectivity index (χ3v) is 12.7. The largest absolute Gasteiger partial charge is 0.454 e. The summed E-state index contributed by atoms with van der Waals surface area (Å²) >= 11 is 0. The van der Waals surface area contributed by atoms with Crippen molar-refractivity contribution in [3.8, 4) is 55.6 Å². The number of anilines is 3. The molecule has 1 aromatic heterocycles. The van der Waals surface area contributed by atoms with Crippen molar-refractivity contribution in [1.82, 2.24) is 0 Å². The lowest BCUT2D eigenvalue weighted by Gasteiger charge is -2.30. The van der Waals surface area contributed by atoms with Gasteiger partial charge in [-0.15, -0.1) is 0 Å². The fourth-order valence-electron chi connectivity index (χ4n) is 9.77. The summed E-state index contributed by atoms with van der Waals surface area (Å²) in [5.41, 5.74) is 16.5. The van der Waals surface area contributed by atoms with Crippen LogP contribution in [0.25, 0.3) is 99.1 Å². The molecule has 0 fully saturated rings. The summed E-state index contributed by atoms with van der Waals surface area (Å²) in [4.78, 5) is 2.41. The van der Waals surface area contributed by atoms with Crippen LogP contribution in [0.5, 0.6) is 0 Å². The third kappa shape index (κ3) is 6.35. The highest BCUT2D eigenvalue weighted by Gasteiger charge is 2.25. The molecule has 0 unspecified atom stereocenters. The Balaban J connectivity index is 1.09. The minimum atomic E-state index is 0.846. The van der Waals surface area contributed by atoms with Gasteiger partial charge in [0.25, 0.3) is 0 Å². The molecule has 12 rings (SSSR count). The molecule has 1 heterocycles. The molecule has 0 aliphatic heterocycles. The van der Waals surface area contributed by atoms with Crippen molar-refractivity contribution in [2.24, 2.45) is 0 Å². The predicted octanol–water partition coefficient (Wildman–Crippen LogP) is 17.7. The number of furan rings is 1. The topological polar surface area (TPSA) is 16.4 Å². The molecule has 300 valence electrons. The summed E-state index contributed by atoms with van der Waals surface area (Å²) < 4.78 is 6.81. The van der Waals surface area contributed by atoms with E-state index in [1.165, 1.54) is 43.8 Å². The number of nitrogens with zero attached hydrogens (tertiary/aromatic N) is 1. The van der Waals surface area contributed by atoms with Crippen molar-refractivity contribution in [3.05, 3.63) is 249 Å². The van der Waals surface area contributed by atoms with Crippen molar-refractivity contribution < 1.29 is 4.42 Å². The zero-order valence-corrected chi connectivity index (χ0v) is 35.0. The quantitative estimate of drug-likeness (QED) is 0.142. The number of para-hydroxylation sites is 3. The van der Waals surface area contributed by atoms with E-state index < -0.39 is 0 Å². The lowest BCUT2D eigenvalue weighted by atomic mass is 9.84. The average Bonchev–Trinajstić information content (AvgIpc) is 3.77. The van der Waals surface area contributed by atoms with Gasteiger partial charge < -0.3 is 9.32 Å². The van der Waals surface area contributed by atoms with Gasteiger partial charge >= 0.3 is 0 Å². The van der Waals surface area contributed by atoms with Crippen molar-refractivity contribution >= 4 is 60.5 Å². The van der Waals surface area contributed by atoms with E-state index in [2.05, 4.69) is 248 Å². The summed E-state index contributed by atoms with van der Waals surface area (Å²) in [7, 11) is 0. The van der Waals surface area contributed by atoms with Gasteiger partial charge in [0.2, 0.25) is 0 Å². The van der Waals surface area contributed by atoms with Gasteiger partial charge in [-0.1, -0.05) is 218 Å². The van der Waals surface area contributed by atoms with Crippen LogP contribution < -0.4 is 4.90 Å². The fraction of sp³-hybridized carbons (Fsp3) is 0. The van der Waals surface area contributed by atoms with E-state index in [4.69, 9.17) is 4.42 Å². The van der Waals surface area contributed by atoms with E-state index in [1.54, 1.807) is 0 Å². The van der Waals surface area contributed by atoms with Gasteiger partial charge in [0.05, 0.1) is 11.4 Å². The highest BCUT2D eigenvalue weighted by Crippen LogP contribution is 2.50. The standard InChI is InChI=1S/C62H41NO/c1-5-19-43(20-6-1)49-30-17-31-50(44-21-7-2-8-22-44)61(49)63(57-33-18-32-55-53-28-15-16-34-58(53)64-62(55)57)48-38-35-42(36-39-48)47-37-40-52-51-27-13-14-29-54(51)59(45-23-9-3-10-24-45)60(56(52)41-47)46-25-11-4-12-26-46/h1-41H. The van der Waals surface area contributed by atoms with E-state index in [9.17, 15) is 0 Å². The maximum absolute atomic E-state index is 6.81. The van der Waals surface area contributed by atoms with Crippen LogP contribution >= 0.6 is 0 Å². The number of rotatable bonds is 8. The Kier molecular flexibility index (Phi) is 9.20. The highest BCUT2D eigenvalue weighted by atomic mass is 16.3. The van der Waals surface area contributed by atoms with Crippen molar-refractivity contribution in [2.75, 3.05) is 4.90 Å². The lowest BCUT2D eigenvalue weighted by Crippen LogP contribution is -2.13. The Bertz CT molecular complexity index is 3570. The second-order valence-electron chi connectivity index (χ2n) is 16.4. The zero-order chi connectivity index (χ0) is 42.4.